The normalized spacial score (nSPS) is 28.8. The first kappa shape index (κ1) is 14.7. The lowest BCUT2D eigenvalue weighted by Crippen LogP contribution is -2.51. The van der Waals surface area contributed by atoms with Gasteiger partial charge in [0.25, 0.3) is 0 Å². The Balaban J connectivity index is 1.46. The first-order valence-corrected chi connectivity index (χ1v) is 8.20. The smallest absolute Gasteiger partial charge is 0.225 e. The predicted octanol–water partition coefficient (Wildman–Crippen LogP) is 1.52. The summed E-state index contributed by atoms with van der Waals surface area (Å²) in [4.78, 5) is 13.5. The second kappa shape index (κ2) is 6.71. The summed E-state index contributed by atoms with van der Waals surface area (Å²) in [6.07, 6.45) is 8.60. The molecule has 2 fully saturated rings. The number of piperidine rings is 2. The van der Waals surface area contributed by atoms with Gasteiger partial charge in [-0.2, -0.15) is 0 Å². The SMILES string of the molecule is CC1CC(NC2CCN(c3ncccn3)CC2)CCN1C. The maximum atomic E-state index is 4.35. The van der Waals surface area contributed by atoms with E-state index in [2.05, 4.69) is 39.1 Å². The lowest BCUT2D eigenvalue weighted by atomic mass is 9.96. The lowest BCUT2D eigenvalue weighted by molar-refractivity contribution is 0.159. The molecule has 5 heteroatoms. The maximum Gasteiger partial charge on any atom is 0.225 e. The molecule has 21 heavy (non-hydrogen) atoms. The molecule has 3 heterocycles. The third-order valence-corrected chi connectivity index (χ3v) is 5.01. The van der Waals surface area contributed by atoms with Crippen LogP contribution in [-0.2, 0) is 0 Å². The number of aromatic nitrogens is 2. The Bertz CT molecular complexity index is 430. The van der Waals surface area contributed by atoms with E-state index in [1.165, 1.54) is 32.2 Å². The average Bonchev–Trinajstić information content (AvgIpc) is 2.53. The molecule has 1 N–H and O–H groups in total. The van der Waals surface area contributed by atoms with Crippen molar-refractivity contribution in [1.82, 2.24) is 20.2 Å². The van der Waals surface area contributed by atoms with Gasteiger partial charge in [0.05, 0.1) is 0 Å². The summed E-state index contributed by atoms with van der Waals surface area (Å²) in [7, 11) is 2.24. The quantitative estimate of drug-likeness (QED) is 0.914. The monoisotopic (exact) mass is 289 g/mol. The Labute approximate surface area is 127 Å². The Kier molecular flexibility index (Phi) is 4.70. The molecule has 2 unspecified atom stereocenters. The molecule has 0 radical (unpaired) electrons. The second-order valence-electron chi connectivity index (χ2n) is 6.53. The summed E-state index contributed by atoms with van der Waals surface area (Å²) >= 11 is 0. The molecule has 2 atom stereocenters. The van der Waals surface area contributed by atoms with Crippen LogP contribution in [-0.4, -0.2) is 59.7 Å². The van der Waals surface area contributed by atoms with Crippen LogP contribution in [0.1, 0.15) is 32.6 Å². The third kappa shape index (κ3) is 3.71. The van der Waals surface area contributed by atoms with Crippen LogP contribution in [0, 0.1) is 0 Å². The molecule has 0 aliphatic carbocycles. The first-order chi connectivity index (χ1) is 10.2. The highest BCUT2D eigenvalue weighted by Gasteiger charge is 2.27. The van der Waals surface area contributed by atoms with Crippen molar-refractivity contribution in [1.29, 1.82) is 0 Å². The number of rotatable bonds is 3. The Hall–Kier alpha value is -1.20. The highest BCUT2D eigenvalue weighted by molar-refractivity contribution is 5.29. The van der Waals surface area contributed by atoms with Gasteiger partial charge in [0.1, 0.15) is 0 Å². The molecule has 0 aromatic carbocycles. The minimum Gasteiger partial charge on any atom is -0.341 e. The highest BCUT2D eigenvalue weighted by Crippen LogP contribution is 2.20. The summed E-state index contributed by atoms with van der Waals surface area (Å²) in [6.45, 7) is 5.67. The Morgan fingerprint density at radius 1 is 1.05 bits per heavy atom. The minimum absolute atomic E-state index is 0.658. The molecule has 1 aromatic heterocycles. The fourth-order valence-electron chi connectivity index (χ4n) is 3.47. The molecule has 0 spiro atoms. The number of likely N-dealkylation sites (tertiary alicyclic amines) is 1. The topological polar surface area (TPSA) is 44.3 Å². The van der Waals surface area contributed by atoms with Gasteiger partial charge in [-0.1, -0.05) is 0 Å². The number of anilines is 1. The molecule has 0 saturated carbocycles. The summed E-state index contributed by atoms with van der Waals surface area (Å²) in [5.41, 5.74) is 0. The van der Waals surface area contributed by atoms with E-state index in [-0.39, 0.29) is 0 Å². The molecule has 0 amide bonds. The van der Waals surface area contributed by atoms with Crippen molar-refractivity contribution in [3.63, 3.8) is 0 Å². The van der Waals surface area contributed by atoms with Crippen molar-refractivity contribution in [2.45, 2.75) is 50.7 Å². The number of hydrogen-bond acceptors (Lipinski definition) is 5. The van der Waals surface area contributed by atoms with Crippen molar-refractivity contribution >= 4 is 5.95 Å². The summed E-state index contributed by atoms with van der Waals surface area (Å²) in [5.74, 6) is 0.879. The highest BCUT2D eigenvalue weighted by atomic mass is 15.3. The summed E-state index contributed by atoms with van der Waals surface area (Å²) in [5, 5.41) is 3.89. The molecular weight excluding hydrogens is 262 g/mol. The van der Waals surface area contributed by atoms with Crippen LogP contribution in [0.4, 0.5) is 5.95 Å². The van der Waals surface area contributed by atoms with Gasteiger partial charge in [-0.05, 0) is 52.3 Å². The van der Waals surface area contributed by atoms with Gasteiger partial charge >= 0.3 is 0 Å². The van der Waals surface area contributed by atoms with E-state index in [1.54, 1.807) is 0 Å². The van der Waals surface area contributed by atoms with Crippen molar-refractivity contribution in [2.75, 3.05) is 31.6 Å². The van der Waals surface area contributed by atoms with Crippen LogP contribution in [0.5, 0.6) is 0 Å². The standard InChI is InChI=1S/C16H27N5/c1-13-12-15(4-9-20(13)2)19-14-5-10-21(11-6-14)16-17-7-3-8-18-16/h3,7-8,13-15,19H,4-6,9-12H2,1-2H3. The average molecular weight is 289 g/mol. The van der Waals surface area contributed by atoms with Crippen LogP contribution in [0.15, 0.2) is 18.5 Å². The van der Waals surface area contributed by atoms with Crippen molar-refractivity contribution in [2.24, 2.45) is 0 Å². The maximum absolute atomic E-state index is 4.35. The molecular formula is C16H27N5. The van der Waals surface area contributed by atoms with Gasteiger partial charge in [-0.15, -0.1) is 0 Å². The van der Waals surface area contributed by atoms with E-state index in [0.717, 1.165) is 19.0 Å². The molecule has 2 saturated heterocycles. The van der Waals surface area contributed by atoms with Gasteiger partial charge in [-0.3, -0.25) is 0 Å². The van der Waals surface area contributed by atoms with E-state index < -0.39 is 0 Å². The summed E-state index contributed by atoms with van der Waals surface area (Å²) in [6, 6.07) is 3.93. The number of nitrogens with zero attached hydrogens (tertiary/aromatic N) is 4. The van der Waals surface area contributed by atoms with Crippen molar-refractivity contribution < 1.29 is 0 Å². The lowest BCUT2D eigenvalue weighted by Gasteiger charge is -2.39. The fourth-order valence-corrected chi connectivity index (χ4v) is 3.47. The molecule has 3 rings (SSSR count). The zero-order valence-corrected chi connectivity index (χ0v) is 13.2. The van der Waals surface area contributed by atoms with Crippen LogP contribution in [0.25, 0.3) is 0 Å². The van der Waals surface area contributed by atoms with E-state index in [9.17, 15) is 0 Å². The van der Waals surface area contributed by atoms with Gasteiger partial charge in [0.15, 0.2) is 0 Å². The molecule has 2 aliphatic heterocycles. The van der Waals surface area contributed by atoms with Crippen LogP contribution >= 0.6 is 0 Å². The van der Waals surface area contributed by atoms with Crippen molar-refractivity contribution in [3.05, 3.63) is 18.5 Å². The van der Waals surface area contributed by atoms with Crippen molar-refractivity contribution in [3.8, 4) is 0 Å². The zero-order chi connectivity index (χ0) is 14.7. The van der Waals surface area contributed by atoms with Gasteiger partial charge in [0.2, 0.25) is 5.95 Å². The third-order valence-electron chi connectivity index (χ3n) is 5.01. The number of hydrogen-bond donors (Lipinski definition) is 1. The minimum atomic E-state index is 0.658. The molecule has 1 aromatic rings. The molecule has 0 bridgehead atoms. The van der Waals surface area contributed by atoms with Crippen LogP contribution in [0.2, 0.25) is 0 Å². The van der Waals surface area contributed by atoms with Crippen LogP contribution in [0.3, 0.4) is 0 Å². The molecule has 116 valence electrons. The summed E-state index contributed by atoms with van der Waals surface area (Å²) < 4.78 is 0. The largest absolute Gasteiger partial charge is 0.341 e. The predicted molar refractivity (Wildman–Crippen MR) is 85.5 cm³/mol. The van der Waals surface area contributed by atoms with E-state index in [1.807, 2.05) is 18.5 Å². The molecule has 5 nitrogen and oxygen atoms in total. The number of nitrogens with one attached hydrogen (secondary N) is 1. The zero-order valence-electron chi connectivity index (χ0n) is 13.2. The second-order valence-corrected chi connectivity index (χ2v) is 6.53. The Morgan fingerprint density at radius 2 is 1.71 bits per heavy atom. The Morgan fingerprint density at radius 3 is 2.38 bits per heavy atom. The first-order valence-electron chi connectivity index (χ1n) is 8.20. The van der Waals surface area contributed by atoms with Gasteiger partial charge in [-0.25, -0.2) is 9.97 Å². The van der Waals surface area contributed by atoms with E-state index >= 15 is 0 Å². The molecule has 2 aliphatic rings. The van der Waals surface area contributed by atoms with E-state index in [4.69, 9.17) is 0 Å². The van der Waals surface area contributed by atoms with Crippen LogP contribution < -0.4 is 10.2 Å². The fraction of sp³-hybridized carbons (Fsp3) is 0.750. The van der Waals surface area contributed by atoms with Gasteiger partial charge in [0, 0.05) is 43.6 Å². The van der Waals surface area contributed by atoms with E-state index in [0.29, 0.717) is 18.1 Å². The van der Waals surface area contributed by atoms with Gasteiger partial charge < -0.3 is 15.1 Å².